The second kappa shape index (κ2) is 13.4. The molecule has 9 nitrogen and oxygen atoms in total. The SMILES string of the molecule is CN(c1ccc(-c2cnc3[nH]c4ccc(CS(=O)(=O)c5ccccc5)cc4c3c2-c2ccccc2)cc1)S(=O)(=O)CCN1CCC(O)CC1. The number of nitrogens with one attached hydrogen (secondary N) is 1. The van der Waals surface area contributed by atoms with E-state index in [1.54, 1.807) is 37.4 Å². The van der Waals surface area contributed by atoms with Crippen LogP contribution < -0.4 is 4.31 Å². The van der Waals surface area contributed by atoms with Gasteiger partial charge in [0.05, 0.1) is 28.2 Å². The van der Waals surface area contributed by atoms with Crippen LogP contribution in [-0.2, 0) is 25.6 Å². The van der Waals surface area contributed by atoms with Gasteiger partial charge >= 0.3 is 0 Å². The monoisotopic (exact) mass is 694 g/mol. The fourth-order valence-electron chi connectivity index (χ4n) is 6.58. The van der Waals surface area contributed by atoms with E-state index < -0.39 is 19.9 Å². The van der Waals surface area contributed by atoms with Crippen LogP contribution in [0.5, 0.6) is 0 Å². The van der Waals surface area contributed by atoms with E-state index in [4.69, 9.17) is 4.98 Å². The normalized spacial score (nSPS) is 14.8. The summed E-state index contributed by atoms with van der Waals surface area (Å²) in [5.74, 6) is -0.137. The maximum absolute atomic E-state index is 13.3. The molecule has 0 aliphatic carbocycles. The topological polar surface area (TPSA) is 124 Å². The van der Waals surface area contributed by atoms with Gasteiger partial charge < -0.3 is 15.0 Å². The number of anilines is 1. The molecule has 3 heterocycles. The van der Waals surface area contributed by atoms with E-state index in [0.29, 0.717) is 49.4 Å². The lowest BCUT2D eigenvalue weighted by atomic mass is 9.92. The summed E-state index contributed by atoms with van der Waals surface area (Å²) in [6, 6.07) is 31.6. The van der Waals surface area contributed by atoms with Crippen LogP contribution >= 0.6 is 0 Å². The zero-order valence-electron chi connectivity index (χ0n) is 27.2. The van der Waals surface area contributed by atoms with Gasteiger partial charge in [-0.05, 0) is 65.9 Å². The van der Waals surface area contributed by atoms with Crippen molar-refractivity contribution in [2.75, 3.05) is 36.7 Å². The van der Waals surface area contributed by atoms with Gasteiger partial charge in [0.25, 0.3) is 0 Å². The number of aliphatic hydroxyl groups excluding tert-OH is 1. The minimum atomic E-state index is -3.57. The highest BCUT2D eigenvalue weighted by atomic mass is 32.2. The number of aromatic amines is 1. The first-order chi connectivity index (χ1) is 23.6. The second-order valence-corrected chi connectivity index (χ2v) is 16.7. The Hall–Kier alpha value is -4.55. The standard InChI is InChI=1S/C38H38N4O5S2/c1-41(49(46,47)23-22-42-20-18-31(43)19-21-42)30-15-13-28(14-16-30)34-25-39-38-37(36(34)29-8-4-2-5-9-29)33-24-27(12-17-35(33)40-38)26-48(44,45)32-10-6-3-7-11-32/h2-17,24-25,31,43H,18-23,26H2,1H3,(H,39,40). The van der Waals surface area contributed by atoms with Crippen molar-refractivity contribution in [3.63, 3.8) is 0 Å². The Kier molecular flexibility index (Phi) is 9.01. The van der Waals surface area contributed by atoms with Crippen molar-refractivity contribution in [3.05, 3.63) is 115 Å². The molecule has 2 N–H and O–H groups in total. The fourth-order valence-corrected chi connectivity index (χ4v) is 9.15. The van der Waals surface area contributed by atoms with Gasteiger partial charge in [-0.25, -0.2) is 21.8 Å². The molecular formula is C38H38N4O5S2. The number of sulfonamides is 1. The average molecular weight is 695 g/mol. The summed E-state index contributed by atoms with van der Waals surface area (Å²) in [7, 11) is -5.54. The van der Waals surface area contributed by atoms with Crippen molar-refractivity contribution in [2.45, 2.75) is 29.6 Å². The van der Waals surface area contributed by atoms with Gasteiger partial charge in [-0.15, -0.1) is 0 Å². The third-order valence-electron chi connectivity index (χ3n) is 9.39. The van der Waals surface area contributed by atoms with Gasteiger partial charge in [0.15, 0.2) is 9.84 Å². The molecule has 4 aromatic carbocycles. The van der Waals surface area contributed by atoms with Crippen LogP contribution in [0.3, 0.4) is 0 Å². The lowest BCUT2D eigenvalue weighted by molar-refractivity contribution is 0.0855. The molecule has 0 radical (unpaired) electrons. The molecule has 0 bridgehead atoms. The Morgan fingerprint density at radius 3 is 2.22 bits per heavy atom. The summed E-state index contributed by atoms with van der Waals surface area (Å²) in [4.78, 5) is 10.6. The molecule has 252 valence electrons. The number of aliphatic hydroxyl groups is 1. The number of piperidine rings is 1. The molecular weight excluding hydrogens is 657 g/mol. The van der Waals surface area contributed by atoms with E-state index in [0.717, 1.165) is 38.5 Å². The first-order valence-electron chi connectivity index (χ1n) is 16.3. The highest BCUT2D eigenvalue weighted by Gasteiger charge is 2.24. The Bertz CT molecular complexity index is 2320. The van der Waals surface area contributed by atoms with E-state index in [1.165, 1.54) is 4.31 Å². The Morgan fingerprint density at radius 2 is 1.53 bits per heavy atom. The minimum Gasteiger partial charge on any atom is -0.393 e. The summed E-state index contributed by atoms with van der Waals surface area (Å²) in [6.45, 7) is 1.82. The van der Waals surface area contributed by atoms with Crippen molar-refractivity contribution < 1.29 is 21.9 Å². The summed E-state index contributed by atoms with van der Waals surface area (Å²) in [5.41, 5.74) is 6.42. The molecule has 0 saturated carbocycles. The van der Waals surface area contributed by atoms with Crippen molar-refractivity contribution >= 4 is 47.5 Å². The molecule has 6 aromatic rings. The molecule has 49 heavy (non-hydrogen) atoms. The van der Waals surface area contributed by atoms with Crippen molar-refractivity contribution in [3.8, 4) is 22.3 Å². The highest BCUT2D eigenvalue weighted by Crippen LogP contribution is 2.41. The van der Waals surface area contributed by atoms with Crippen LogP contribution in [0.4, 0.5) is 5.69 Å². The molecule has 1 saturated heterocycles. The number of fused-ring (bicyclic) bond motifs is 3. The minimum absolute atomic E-state index is 0.00467. The molecule has 0 unspecified atom stereocenters. The largest absolute Gasteiger partial charge is 0.393 e. The predicted molar refractivity (Wildman–Crippen MR) is 196 cm³/mol. The quantitative estimate of drug-likeness (QED) is 0.174. The van der Waals surface area contributed by atoms with Crippen molar-refractivity contribution in [2.24, 2.45) is 0 Å². The number of aromatic nitrogens is 2. The maximum atomic E-state index is 13.3. The van der Waals surface area contributed by atoms with Crippen LogP contribution in [0.2, 0.25) is 0 Å². The molecule has 1 aliphatic heterocycles. The number of benzene rings is 4. The number of rotatable bonds is 10. The number of hydrogen-bond acceptors (Lipinski definition) is 7. The number of H-pyrrole nitrogens is 1. The lowest BCUT2D eigenvalue weighted by Gasteiger charge is -2.30. The smallest absolute Gasteiger partial charge is 0.236 e. The molecule has 0 atom stereocenters. The number of hydrogen-bond donors (Lipinski definition) is 2. The van der Waals surface area contributed by atoms with E-state index in [2.05, 4.69) is 9.88 Å². The Balaban J connectivity index is 1.24. The molecule has 7 rings (SSSR count). The molecule has 0 spiro atoms. The zero-order valence-corrected chi connectivity index (χ0v) is 28.8. The van der Waals surface area contributed by atoms with Crippen molar-refractivity contribution in [1.82, 2.24) is 14.9 Å². The van der Waals surface area contributed by atoms with E-state index >= 15 is 0 Å². The van der Waals surface area contributed by atoms with Crippen LogP contribution in [0.1, 0.15) is 18.4 Å². The van der Waals surface area contributed by atoms with E-state index in [1.807, 2.05) is 79.0 Å². The third-order valence-corrected chi connectivity index (χ3v) is 12.8. The first kappa shape index (κ1) is 33.0. The van der Waals surface area contributed by atoms with Crippen molar-refractivity contribution in [1.29, 1.82) is 0 Å². The fraction of sp³-hybridized carbons (Fsp3) is 0.237. The number of sulfone groups is 1. The lowest BCUT2D eigenvalue weighted by Crippen LogP contribution is -2.40. The Labute approximate surface area is 286 Å². The molecule has 11 heteroatoms. The second-order valence-electron chi connectivity index (χ2n) is 12.6. The first-order valence-corrected chi connectivity index (χ1v) is 19.6. The molecule has 1 fully saturated rings. The van der Waals surface area contributed by atoms with Gasteiger partial charge in [0.2, 0.25) is 10.0 Å². The molecule has 2 aromatic heterocycles. The summed E-state index contributed by atoms with van der Waals surface area (Å²) in [5, 5.41) is 11.5. The zero-order chi connectivity index (χ0) is 34.2. The Morgan fingerprint density at radius 1 is 0.857 bits per heavy atom. The number of likely N-dealkylation sites (tertiary alicyclic amines) is 1. The van der Waals surface area contributed by atoms with Crippen LogP contribution in [0, 0.1) is 0 Å². The maximum Gasteiger partial charge on any atom is 0.236 e. The van der Waals surface area contributed by atoms with Crippen LogP contribution in [0.15, 0.2) is 114 Å². The van der Waals surface area contributed by atoms with Gasteiger partial charge in [0, 0.05) is 60.3 Å². The van der Waals surface area contributed by atoms with Crippen LogP contribution in [0.25, 0.3) is 44.2 Å². The molecule has 1 aliphatic rings. The summed E-state index contributed by atoms with van der Waals surface area (Å²) in [6.07, 6.45) is 2.85. The number of nitrogens with zero attached hydrogens (tertiary/aromatic N) is 3. The highest BCUT2D eigenvalue weighted by molar-refractivity contribution is 7.92. The number of pyridine rings is 1. The van der Waals surface area contributed by atoms with Gasteiger partial charge in [-0.2, -0.15) is 0 Å². The third kappa shape index (κ3) is 6.84. The van der Waals surface area contributed by atoms with Gasteiger partial charge in [0.1, 0.15) is 5.65 Å². The van der Waals surface area contributed by atoms with E-state index in [-0.39, 0.29) is 22.5 Å². The van der Waals surface area contributed by atoms with E-state index in [9.17, 15) is 21.9 Å². The van der Waals surface area contributed by atoms with Gasteiger partial charge in [-0.3, -0.25) is 4.31 Å². The van der Waals surface area contributed by atoms with Gasteiger partial charge in [-0.1, -0.05) is 66.7 Å². The summed E-state index contributed by atoms with van der Waals surface area (Å²) >= 11 is 0. The molecule has 0 amide bonds. The van der Waals surface area contributed by atoms with Crippen LogP contribution in [-0.4, -0.2) is 75.3 Å². The summed E-state index contributed by atoms with van der Waals surface area (Å²) < 4.78 is 54.4. The predicted octanol–water partition coefficient (Wildman–Crippen LogP) is 6.25. The average Bonchev–Trinajstić information content (AvgIpc) is 3.49.